The van der Waals surface area contributed by atoms with Gasteiger partial charge in [0.25, 0.3) is 0 Å². The predicted octanol–water partition coefficient (Wildman–Crippen LogP) is 2.44. The van der Waals surface area contributed by atoms with E-state index in [-0.39, 0.29) is 24.0 Å². The van der Waals surface area contributed by atoms with E-state index in [1.165, 1.54) is 0 Å². The minimum absolute atomic E-state index is 0. The van der Waals surface area contributed by atoms with Crippen molar-refractivity contribution < 1.29 is 9.47 Å². The maximum Gasteiger partial charge on any atom is 0.212 e. The summed E-state index contributed by atoms with van der Waals surface area (Å²) in [6.45, 7) is 7.27. The van der Waals surface area contributed by atoms with Gasteiger partial charge in [-0.25, -0.2) is 4.98 Å². The Labute approximate surface area is 156 Å². The van der Waals surface area contributed by atoms with Crippen LogP contribution in [0.15, 0.2) is 23.3 Å². The Hall–Kier alpha value is -1.09. The zero-order valence-electron chi connectivity index (χ0n) is 14.5. The third-order valence-electron chi connectivity index (χ3n) is 3.07. The fourth-order valence-corrected chi connectivity index (χ4v) is 1.71. The summed E-state index contributed by atoms with van der Waals surface area (Å²) >= 11 is 0. The van der Waals surface area contributed by atoms with Gasteiger partial charge in [0.2, 0.25) is 5.88 Å². The SMILES string of the molecule is CN=C(NCCOCCC(C)C)NCc1ccc(OC)nc1.I. The molecule has 1 heterocycles. The quantitative estimate of drug-likeness (QED) is 0.270. The first kappa shape index (κ1) is 21.9. The van der Waals surface area contributed by atoms with Gasteiger partial charge in [0.05, 0.1) is 13.7 Å². The van der Waals surface area contributed by atoms with E-state index < -0.39 is 0 Å². The maximum absolute atomic E-state index is 5.56. The summed E-state index contributed by atoms with van der Waals surface area (Å²) in [5.41, 5.74) is 1.07. The molecule has 7 heteroatoms. The Balaban J connectivity index is 0.00000484. The minimum Gasteiger partial charge on any atom is -0.481 e. The summed E-state index contributed by atoms with van der Waals surface area (Å²) in [4.78, 5) is 8.35. The molecule has 6 nitrogen and oxygen atoms in total. The fraction of sp³-hybridized carbons (Fsp3) is 0.625. The van der Waals surface area contributed by atoms with Crippen molar-refractivity contribution in [3.05, 3.63) is 23.9 Å². The number of halogens is 1. The smallest absolute Gasteiger partial charge is 0.212 e. The number of aromatic nitrogens is 1. The number of methoxy groups -OCH3 is 1. The lowest BCUT2D eigenvalue weighted by Gasteiger charge is -2.12. The zero-order chi connectivity index (χ0) is 16.2. The van der Waals surface area contributed by atoms with Gasteiger partial charge in [-0.15, -0.1) is 24.0 Å². The third kappa shape index (κ3) is 10.3. The van der Waals surface area contributed by atoms with Crippen molar-refractivity contribution in [2.45, 2.75) is 26.8 Å². The van der Waals surface area contributed by atoms with E-state index in [1.807, 2.05) is 12.1 Å². The second-order valence-corrected chi connectivity index (χ2v) is 5.36. The highest BCUT2D eigenvalue weighted by Gasteiger charge is 2.00. The molecule has 0 aliphatic carbocycles. The molecule has 0 aromatic carbocycles. The Kier molecular flexibility index (Phi) is 12.7. The first-order valence-corrected chi connectivity index (χ1v) is 7.67. The van der Waals surface area contributed by atoms with Crippen molar-refractivity contribution in [3.63, 3.8) is 0 Å². The molecule has 0 fully saturated rings. The van der Waals surface area contributed by atoms with Gasteiger partial charge in [-0.1, -0.05) is 19.9 Å². The monoisotopic (exact) mass is 436 g/mol. The van der Waals surface area contributed by atoms with Crippen LogP contribution < -0.4 is 15.4 Å². The minimum atomic E-state index is 0. The summed E-state index contributed by atoms with van der Waals surface area (Å²) in [5, 5.41) is 6.45. The van der Waals surface area contributed by atoms with Gasteiger partial charge in [-0.2, -0.15) is 0 Å². The van der Waals surface area contributed by atoms with Gasteiger partial charge < -0.3 is 20.1 Å². The van der Waals surface area contributed by atoms with E-state index in [2.05, 4.69) is 34.5 Å². The molecule has 1 rings (SSSR count). The van der Waals surface area contributed by atoms with E-state index in [4.69, 9.17) is 9.47 Å². The number of hydrogen-bond acceptors (Lipinski definition) is 4. The van der Waals surface area contributed by atoms with Crippen LogP contribution in [0.25, 0.3) is 0 Å². The molecule has 132 valence electrons. The Morgan fingerprint density at radius 2 is 2.04 bits per heavy atom. The summed E-state index contributed by atoms with van der Waals surface area (Å²) in [5.74, 6) is 2.05. The molecule has 23 heavy (non-hydrogen) atoms. The van der Waals surface area contributed by atoms with Crippen molar-refractivity contribution in [1.29, 1.82) is 0 Å². The van der Waals surface area contributed by atoms with Crippen LogP contribution in [-0.2, 0) is 11.3 Å². The van der Waals surface area contributed by atoms with Gasteiger partial charge in [0.15, 0.2) is 5.96 Å². The molecule has 1 aromatic rings. The second-order valence-electron chi connectivity index (χ2n) is 5.36. The average Bonchev–Trinajstić information content (AvgIpc) is 2.53. The lowest BCUT2D eigenvalue weighted by molar-refractivity contribution is 0.128. The molecule has 0 aliphatic rings. The largest absolute Gasteiger partial charge is 0.481 e. The number of guanidine groups is 1. The van der Waals surface area contributed by atoms with E-state index in [0.29, 0.717) is 24.9 Å². The van der Waals surface area contributed by atoms with Crippen LogP contribution in [0.1, 0.15) is 25.8 Å². The van der Waals surface area contributed by atoms with Crippen molar-refractivity contribution >= 4 is 29.9 Å². The number of hydrogen-bond donors (Lipinski definition) is 2. The van der Waals surface area contributed by atoms with Crippen molar-refractivity contribution in [1.82, 2.24) is 15.6 Å². The van der Waals surface area contributed by atoms with Crippen LogP contribution in [-0.4, -0.2) is 44.9 Å². The predicted molar refractivity (Wildman–Crippen MR) is 105 cm³/mol. The molecule has 0 radical (unpaired) electrons. The van der Waals surface area contributed by atoms with Crippen LogP contribution in [0.5, 0.6) is 5.88 Å². The Morgan fingerprint density at radius 3 is 2.61 bits per heavy atom. The lowest BCUT2D eigenvalue weighted by atomic mass is 10.1. The topological polar surface area (TPSA) is 67.8 Å². The van der Waals surface area contributed by atoms with Crippen LogP contribution in [0, 0.1) is 5.92 Å². The molecule has 1 aromatic heterocycles. The summed E-state index contributed by atoms with van der Waals surface area (Å²) in [7, 11) is 3.36. The van der Waals surface area contributed by atoms with Gasteiger partial charge in [0.1, 0.15) is 0 Å². The fourth-order valence-electron chi connectivity index (χ4n) is 1.71. The van der Waals surface area contributed by atoms with Crippen molar-refractivity contribution in [3.8, 4) is 5.88 Å². The van der Waals surface area contributed by atoms with Gasteiger partial charge in [-0.05, 0) is 17.9 Å². The molecule has 0 aliphatic heterocycles. The second kappa shape index (κ2) is 13.4. The number of nitrogens with one attached hydrogen (secondary N) is 2. The molecule has 0 amide bonds. The Bertz CT molecular complexity index is 438. The summed E-state index contributed by atoms with van der Waals surface area (Å²) in [6, 6.07) is 3.82. The molecule has 0 saturated heterocycles. The highest BCUT2D eigenvalue weighted by Crippen LogP contribution is 2.06. The number of pyridine rings is 1. The van der Waals surface area contributed by atoms with Crippen LogP contribution >= 0.6 is 24.0 Å². The van der Waals surface area contributed by atoms with Crippen LogP contribution in [0.3, 0.4) is 0 Å². The highest BCUT2D eigenvalue weighted by molar-refractivity contribution is 14.0. The van der Waals surface area contributed by atoms with E-state index >= 15 is 0 Å². The average molecular weight is 436 g/mol. The molecule has 0 spiro atoms. The first-order valence-electron chi connectivity index (χ1n) is 7.67. The molecule has 0 atom stereocenters. The lowest BCUT2D eigenvalue weighted by Crippen LogP contribution is -2.38. The number of rotatable bonds is 9. The molecule has 0 bridgehead atoms. The molecule has 0 saturated carbocycles. The van der Waals surface area contributed by atoms with Crippen LogP contribution in [0.2, 0.25) is 0 Å². The first-order chi connectivity index (χ1) is 10.7. The Morgan fingerprint density at radius 1 is 1.26 bits per heavy atom. The molecule has 2 N–H and O–H groups in total. The molecular formula is C16H29IN4O2. The molecule has 0 unspecified atom stereocenters. The zero-order valence-corrected chi connectivity index (χ0v) is 16.8. The van der Waals surface area contributed by atoms with E-state index in [0.717, 1.165) is 31.1 Å². The maximum atomic E-state index is 5.56. The van der Waals surface area contributed by atoms with Gasteiger partial charge >= 0.3 is 0 Å². The van der Waals surface area contributed by atoms with Gasteiger partial charge in [-0.3, -0.25) is 4.99 Å². The van der Waals surface area contributed by atoms with Crippen molar-refractivity contribution in [2.24, 2.45) is 10.9 Å². The summed E-state index contributed by atoms with van der Waals surface area (Å²) < 4.78 is 10.6. The standard InChI is InChI=1S/C16H28N4O2.HI/c1-13(2)7-9-22-10-8-18-16(17-3)20-12-14-5-6-15(21-4)19-11-14;/h5-6,11,13H,7-10,12H2,1-4H3,(H2,17,18,20);1H. The van der Waals surface area contributed by atoms with E-state index in [9.17, 15) is 0 Å². The molecular weight excluding hydrogens is 407 g/mol. The van der Waals surface area contributed by atoms with Gasteiger partial charge in [0, 0.05) is 39.0 Å². The van der Waals surface area contributed by atoms with E-state index in [1.54, 1.807) is 20.4 Å². The number of aliphatic imine (C=N–C) groups is 1. The van der Waals surface area contributed by atoms with Crippen LogP contribution in [0.4, 0.5) is 0 Å². The van der Waals surface area contributed by atoms with Crippen molar-refractivity contribution in [2.75, 3.05) is 33.9 Å². The number of ether oxygens (including phenoxy) is 2. The third-order valence-corrected chi connectivity index (χ3v) is 3.07. The highest BCUT2D eigenvalue weighted by atomic mass is 127. The number of nitrogens with zero attached hydrogens (tertiary/aromatic N) is 2. The normalized spacial score (nSPS) is 11.1. The summed E-state index contributed by atoms with van der Waals surface area (Å²) in [6.07, 6.45) is 2.88.